The molecule has 1 heterocycles. The smallest absolute Gasteiger partial charge is 0.327 e. The van der Waals surface area contributed by atoms with Crippen LogP contribution in [0.4, 0.5) is 0 Å². The average molecular weight is 302 g/mol. The first-order valence-corrected chi connectivity index (χ1v) is 7.69. The van der Waals surface area contributed by atoms with Crippen LogP contribution in [0.25, 0.3) is 0 Å². The van der Waals surface area contributed by atoms with Crippen molar-refractivity contribution >= 4 is 11.8 Å². The minimum absolute atomic E-state index is 0.232. The maximum absolute atomic E-state index is 11.7. The zero-order chi connectivity index (χ0) is 15.6. The number of rotatable bonds is 4. The summed E-state index contributed by atoms with van der Waals surface area (Å²) in [7, 11) is 0. The van der Waals surface area contributed by atoms with E-state index in [9.17, 15) is 9.59 Å². The number of amides is 2. The zero-order valence-electron chi connectivity index (χ0n) is 12.6. The van der Waals surface area contributed by atoms with E-state index in [4.69, 9.17) is 0 Å². The summed E-state index contributed by atoms with van der Waals surface area (Å²) in [6.07, 6.45) is 10.4. The van der Waals surface area contributed by atoms with Crippen molar-refractivity contribution in [1.29, 1.82) is 0 Å². The van der Waals surface area contributed by atoms with E-state index in [1.54, 1.807) is 18.3 Å². The largest absolute Gasteiger partial charge is 0.342 e. The van der Waals surface area contributed by atoms with Crippen LogP contribution in [0.1, 0.15) is 44.2 Å². The predicted octanol–water partition coefficient (Wildman–Crippen LogP) is 1.56. The highest BCUT2D eigenvalue weighted by molar-refractivity contribution is 6.34. The van der Waals surface area contributed by atoms with E-state index in [0.29, 0.717) is 5.69 Å². The van der Waals surface area contributed by atoms with Crippen LogP contribution in [0.2, 0.25) is 0 Å². The minimum atomic E-state index is -0.695. The molecule has 0 atom stereocenters. The third-order valence-electron chi connectivity index (χ3n) is 3.49. The Morgan fingerprint density at radius 3 is 2.77 bits per heavy atom. The van der Waals surface area contributed by atoms with Gasteiger partial charge in [0, 0.05) is 11.9 Å². The van der Waals surface area contributed by atoms with Gasteiger partial charge in [-0.3, -0.25) is 20.0 Å². The average Bonchev–Trinajstić information content (AvgIpc) is 2.52. The van der Waals surface area contributed by atoms with Crippen molar-refractivity contribution in [3.8, 4) is 0 Å². The van der Waals surface area contributed by atoms with Gasteiger partial charge in [0.1, 0.15) is 0 Å². The molecule has 0 bridgehead atoms. The first-order valence-electron chi connectivity index (χ1n) is 7.69. The quantitative estimate of drug-likeness (QED) is 0.582. The van der Waals surface area contributed by atoms with Gasteiger partial charge >= 0.3 is 11.8 Å². The molecule has 1 aliphatic carbocycles. The van der Waals surface area contributed by atoms with Crippen LogP contribution >= 0.6 is 0 Å². The van der Waals surface area contributed by atoms with Crippen molar-refractivity contribution in [2.45, 2.75) is 45.1 Å². The standard InChI is InChI=1S/C16H22N4O2/c21-15(18-12-14-10-6-7-11-17-14)16(22)20-19-13-8-4-2-1-3-5-9-13/h6-8,10-11,19H,1-5,9,12H2,(H,18,21)(H,20,22). The number of nitrogens with one attached hydrogen (secondary N) is 3. The van der Waals surface area contributed by atoms with Gasteiger partial charge in [-0.05, 0) is 37.8 Å². The van der Waals surface area contributed by atoms with Gasteiger partial charge in [-0.1, -0.05) is 25.0 Å². The Labute approximate surface area is 130 Å². The number of nitrogens with zero attached hydrogens (tertiary/aromatic N) is 1. The molecule has 1 aliphatic rings. The van der Waals surface area contributed by atoms with Gasteiger partial charge in [-0.25, -0.2) is 0 Å². The van der Waals surface area contributed by atoms with Gasteiger partial charge < -0.3 is 10.7 Å². The lowest BCUT2D eigenvalue weighted by Gasteiger charge is -2.14. The third-order valence-corrected chi connectivity index (χ3v) is 3.49. The molecule has 0 unspecified atom stereocenters. The van der Waals surface area contributed by atoms with E-state index in [1.165, 1.54) is 19.3 Å². The SMILES string of the molecule is O=C(NCc1ccccn1)C(=O)NNC1=CCCCCCC1. The molecule has 0 saturated heterocycles. The van der Waals surface area contributed by atoms with Crippen LogP contribution in [0.15, 0.2) is 36.2 Å². The van der Waals surface area contributed by atoms with Crippen molar-refractivity contribution in [3.63, 3.8) is 0 Å². The maximum Gasteiger partial charge on any atom is 0.327 e. The Balaban J connectivity index is 1.72. The molecular formula is C16H22N4O2. The number of carbonyl (C=O) groups is 2. The number of pyridine rings is 1. The third kappa shape index (κ3) is 5.55. The summed E-state index contributed by atoms with van der Waals surface area (Å²) in [5, 5.41) is 2.54. The molecule has 0 fully saturated rings. The van der Waals surface area contributed by atoms with Crippen LogP contribution in [-0.4, -0.2) is 16.8 Å². The molecule has 0 aliphatic heterocycles. The van der Waals surface area contributed by atoms with Crippen LogP contribution < -0.4 is 16.2 Å². The lowest BCUT2D eigenvalue weighted by molar-refractivity contribution is -0.139. The van der Waals surface area contributed by atoms with E-state index in [0.717, 1.165) is 25.0 Å². The van der Waals surface area contributed by atoms with Gasteiger partial charge in [0.2, 0.25) is 0 Å². The number of hydrogen-bond acceptors (Lipinski definition) is 4. The first-order chi connectivity index (χ1) is 10.8. The van der Waals surface area contributed by atoms with E-state index in [2.05, 4.69) is 27.2 Å². The molecule has 22 heavy (non-hydrogen) atoms. The monoisotopic (exact) mass is 302 g/mol. The van der Waals surface area contributed by atoms with E-state index in [1.807, 2.05) is 6.07 Å². The second-order valence-electron chi connectivity index (χ2n) is 5.27. The van der Waals surface area contributed by atoms with Crippen LogP contribution in [0.5, 0.6) is 0 Å². The van der Waals surface area contributed by atoms with Gasteiger partial charge in [0.05, 0.1) is 12.2 Å². The van der Waals surface area contributed by atoms with Gasteiger partial charge in [-0.15, -0.1) is 0 Å². The van der Waals surface area contributed by atoms with Crippen LogP contribution in [-0.2, 0) is 16.1 Å². The van der Waals surface area contributed by atoms with Gasteiger partial charge in [0.25, 0.3) is 0 Å². The fraction of sp³-hybridized carbons (Fsp3) is 0.438. The van der Waals surface area contributed by atoms with Crippen molar-refractivity contribution in [3.05, 3.63) is 41.9 Å². The lowest BCUT2D eigenvalue weighted by atomic mass is 10.0. The Morgan fingerprint density at radius 2 is 1.95 bits per heavy atom. The van der Waals surface area contributed by atoms with Gasteiger partial charge in [-0.2, -0.15) is 0 Å². The first kappa shape index (κ1) is 16.0. The van der Waals surface area contributed by atoms with E-state index >= 15 is 0 Å². The van der Waals surface area contributed by atoms with Crippen molar-refractivity contribution < 1.29 is 9.59 Å². The van der Waals surface area contributed by atoms with E-state index in [-0.39, 0.29) is 6.54 Å². The van der Waals surface area contributed by atoms with E-state index < -0.39 is 11.8 Å². The number of carbonyl (C=O) groups excluding carboxylic acids is 2. The molecule has 0 aromatic carbocycles. The minimum Gasteiger partial charge on any atom is -0.342 e. The summed E-state index contributed by atoms with van der Waals surface area (Å²) in [5.41, 5.74) is 6.99. The second kappa shape index (κ2) is 8.81. The highest BCUT2D eigenvalue weighted by Gasteiger charge is 2.13. The molecule has 1 aromatic heterocycles. The predicted molar refractivity (Wildman–Crippen MR) is 83.1 cm³/mol. The molecule has 3 N–H and O–H groups in total. The molecule has 1 aromatic rings. The summed E-state index contributed by atoms with van der Waals surface area (Å²) in [6, 6.07) is 5.41. The molecule has 6 heteroatoms. The number of hydrogen-bond donors (Lipinski definition) is 3. The highest BCUT2D eigenvalue weighted by Crippen LogP contribution is 2.14. The number of allylic oxidation sites excluding steroid dienone is 2. The molecule has 0 radical (unpaired) electrons. The summed E-state index contributed by atoms with van der Waals surface area (Å²) in [4.78, 5) is 27.5. The molecule has 2 rings (SSSR count). The molecule has 2 amide bonds. The van der Waals surface area contributed by atoms with Crippen molar-refractivity contribution in [2.24, 2.45) is 0 Å². The molecule has 0 spiro atoms. The number of hydrazine groups is 1. The fourth-order valence-electron chi connectivity index (χ4n) is 2.25. The number of aromatic nitrogens is 1. The normalized spacial score (nSPS) is 15.0. The fourth-order valence-corrected chi connectivity index (χ4v) is 2.25. The zero-order valence-corrected chi connectivity index (χ0v) is 12.6. The summed E-state index contributed by atoms with van der Waals surface area (Å²) < 4.78 is 0. The highest BCUT2D eigenvalue weighted by atomic mass is 16.2. The summed E-state index contributed by atoms with van der Waals surface area (Å²) >= 11 is 0. The Hall–Kier alpha value is -2.37. The topological polar surface area (TPSA) is 83.1 Å². The lowest BCUT2D eigenvalue weighted by Crippen LogP contribution is -2.45. The molecule has 118 valence electrons. The second-order valence-corrected chi connectivity index (χ2v) is 5.27. The Morgan fingerprint density at radius 1 is 1.09 bits per heavy atom. The molecule has 0 saturated carbocycles. The molecular weight excluding hydrogens is 280 g/mol. The molecule has 6 nitrogen and oxygen atoms in total. The van der Waals surface area contributed by atoms with Crippen molar-refractivity contribution in [1.82, 2.24) is 21.2 Å². The Bertz CT molecular complexity index is 528. The van der Waals surface area contributed by atoms with Crippen LogP contribution in [0, 0.1) is 0 Å². The van der Waals surface area contributed by atoms with Crippen molar-refractivity contribution in [2.75, 3.05) is 0 Å². The van der Waals surface area contributed by atoms with Crippen LogP contribution in [0.3, 0.4) is 0 Å². The van der Waals surface area contributed by atoms with Gasteiger partial charge in [0.15, 0.2) is 0 Å². The Kier molecular flexibility index (Phi) is 6.41. The summed E-state index contributed by atoms with van der Waals surface area (Å²) in [5.74, 6) is -1.37. The summed E-state index contributed by atoms with van der Waals surface area (Å²) in [6.45, 7) is 0.232. The maximum atomic E-state index is 11.7.